The second kappa shape index (κ2) is 11.1. The highest BCUT2D eigenvalue weighted by Gasteiger charge is 2.09. The Morgan fingerprint density at radius 1 is 1.10 bits per heavy atom. The van der Waals surface area contributed by atoms with E-state index in [2.05, 4.69) is 36.8 Å². The maximum Gasteiger partial charge on any atom is 0.228 e. The molecule has 9 heteroatoms. The van der Waals surface area contributed by atoms with Crippen LogP contribution in [0.3, 0.4) is 0 Å². The van der Waals surface area contributed by atoms with Crippen LogP contribution in [-0.4, -0.2) is 34.7 Å². The zero-order valence-electron chi connectivity index (χ0n) is 16.9. The minimum Gasteiger partial charge on any atom is -0.356 e. The second-order valence-electron chi connectivity index (χ2n) is 6.61. The lowest BCUT2D eigenvalue weighted by Crippen LogP contribution is -2.37. The summed E-state index contributed by atoms with van der Waals surface area (Å²) in [7, 11) is 1.74. The van der Waals surface area contributed by atoms with Crippen molar-refractivity contribution in [3.8, 4) is 11.4 Å². The normalized spacial score (nSPS) is 11.2. The summed E-state index contributed by atoms with van der Waals surface area (Å²) in [5.41, 5.74) is 2.96. The summed E-state index contributed by atoms with van der Waals surface area (Å²) in [5.74, 6) is 1.78. The van der Waals surface area contributed by atoms with Crippen LogP contribution in [0.2, 0.25) is 5.02 Å². The van der Waals surface area contributed by atoms with Gasteiger partial charge in [-0.15, -0.1) is 24.0 Å². The van der Waals surface area contributed by atoms with Crippen molar-refractivity contribution in [2.45, 2.75) is 13.0 Å². The van der Waals surface area contributed by atoms with Gasteiger partial charge in [-0.3, -0.25) is 9.98 Å². The van der Waals surface area contributed by atoms with Crippen molar-refractivity contribution in [3.05, 3.63) is 77.3 Å². The number of para-hydroxylation sites is 1. The van der Waals surface area contributed by atoms with Crippen LogP contribution in [0.5, 0.6) is 0 Å². The fraction of sp³-hybridized carbons (Fsp3) is 0.182. The molecule has 4 aromatic rings. The summed E-state index contributed by atoms with van der Waals surface area (Å²) in [4.78, 5) is 13.1. The first-order valence-electron chi connectivity index (χ1n) is 9.58. The van der Waals surface area contributed by atoms with Crippen LogP contribution in [0.4, 0.5) is 0 Å². The molecule has 7 nitrogen and oxygen atoms in total. The summed E-state index contributed by atoms with van der Waals surface area (Å²) >= 11 is 6.02. The van der Waals surface area contributed by atoms with Crippen LogP contribution in [0, 0.1) is 0 Å². The molecule has 4 rings (SSSR count). The molecular formula is C22H22ClIN6O. The third-order valence-corrected chi connectivity index (χ3v) is 4.83. The van der Waals surface area contributed by atoms with Gasteiger partial charge in [-0.2, -0.15) is 4.98 Å². The number of guanidine groups is 1. The molecule has 2 heterocycles. The van der Waals surface area contributed by atoms with E-state index in [9.17, 15) is 0 Å². The highest BCUT2D eigenvalue weighted by atomic mass is 127. The van der Waals surface area contributed by atoms with E-state index in [-0.39, 0.29) is 24.0 Å². The number of halogens is 2. The quantitative estimate of drug-likeness (QED) is 0.210. The van der Waals surface area contributed by atoms with Gasteiger partial charge < -0.3 is 15.2 Å². The molecule has 31 heavy (non-hydrogen) atoms. The SMILES string of the molecule is CN=C(NCCc1nc(-c2cccc(Cl)c2)no1)NCc1ccnc2ccccc12.I. The highest BCUT2D eigenvalue weighted by Crippen LogP contribution is 2.20. The van der Waals surface area contributed by atoms with Crippen molar-refractivity contribution >= 4 is 52.4 Å². The van der Waals surface area contributed by atoms with Gasteiger partial charge in [0.05, 0.1) is 5.52 Å². The van der Waals surface area contributed by atoms with Gasteiger partial charge in [-0.1, -0.05) is 47.1 Å². The predicted octanol–water partition coefficient (Wildman–Crippen LogP) is 4.46. The Morgan fingerprint density at radius 3 is 2.81 bits per heavy atom. The van der Waals surface area contributed by atoms with Gasteiger partial charge >= 0.3 is 0 Å². The Labute approximate surface area is 202 Å². The lowest BCUT2D eigenvalue weighted by molar-refractivity contribution is 0.378. The average molecular weight is 549 g/mol. The predicted molar refractivity (Wildman–Crippen MR) is 134 cm³/mol. The van der Waals surface area contributed by atoms with Gasteiger partial charge in [-0.05, 0) is 29.8 Å². The van der Waals surface area contributed by atoms with E-state index in [1.165, 1.54) is 0 Å². The number of pyridine rings is 1. The van der Waals surface area contributed by atoms with Crippen LogP contribution in [0.25, 0.3) is 22.3 Å². The molecule has 0 radical (unpaired) electrons. The molecule has 0 bridgehead atoms. The molecule has 160 valence electrons. The summed E-state index contributed by atoms with van der Waals surface area (Å²) in [6, 6.07) is 17.5. The first kappa shape index (κ1) is 23.0. The van der Waals surface area contributed by atoms with Gasteiger partial charge in [0.1, 0.15) is 0 Å². The minimum absolute atomic E-state index is 0. The number of hydrogen-bond acceptors (Lipinski definition) is 5. The maximum atomic E-state index is 6.02. The number of aliphatic imine (C=N–C) groups is 1. The fourth-order valence-electron chi connectivity index (χ4n) is 3.10. The van der Waals surface area contributed by atoms with Crippen LogP contribution < -0.4 is 10.6 Å². The largest absolute Gasteiger partial charge is 0.356 e. The minimum atomic E-state index is 0. The summed E-state index contributed by atoms with van der Waals surface area (Å²) in [5, 5.41) is 12.4. The van der Waals surface area contributed by atoms with Crippen LogP contribution in [-0.2, 0) is 13.0 Å². The zero-order valence-corrected chi connectivity index (χ0v) is 20.0. The van der Waals surface area contributed by atoms with Gasteiger partial charge in [0.2, 0.25) is 11.7 Å². The Balaban J connectivity index is 0.00000272. The molecule has 0 atom stereocenters. The maximum absolute atomic E-state index is 6.02. The Bertz CT molecular complexity index is 1170. The molecule has 0 unspecified atom stereocenters. The van der Waals surface area contributed by atoms with Crippen LogP contribution in [0.15, 0.2) is 70.3 Å². The molecule has 2 aromatic carbocycles. The van der Waals surface area contributed by atoms with E-state index in [0.29, 0.717) is 42.2 Å². The van der Waals surface area contributed by atoms with Crippen molar-refractivity contribution in [1.82, 2.24) is 25.8 Å². The van der Waals surface area contributed by atoms with Gasteiger partial charge in [0.15, 0.2) is 5.96 Å². The number of hydrogen-bond donors (Lipinski definition) is 2. The molecule has 0 fully saturated rings. The molecular weight excluding hydrogens is 527 g/mol. The molecule has 0 amide bonds. The van der Waals surface area contributed by atoms with Crippen LogP contribution in [0.1, 0.15) is 11.5 Å². The zero-order chi connectivity index (χ0) is 20.8. The number of rotatable bonds is 6. The summed E-state index contributed by atoms with van der Waals surface area (Å²) < 4.78 is 5.34. The van der Waals surface area contributed by atoms with Crippen molar-refractivity contribution in [2.24, 2.45) is 4.99 Å². The first-order valence-corrected chi connectivity index (χ1v) is 9.96. The van der Waals surface area contributed by atoms with Crippen molar-refractivity contribution in [2.75, 3.05) is 13.6 Å². The number of nitrogens with one attached hydrogen (secondary N) is 2. The van der Waals surface area contributed by atoms with Gasteiger partial charge in [0, 0.05) is 48.7 Å². The standard InChI is InChI=1S/C22H21ClN6O.HI/c1-24-22(27-14-16-9-11-25-19-8-3-2-7-18(16)19)26-12-10-20-28-21(29-30-20)15-5-4-6-17(23)13-15;/h2-9,11,13H,10,12,14H2,1H3,(H2,24,26,27);1H. The topological polar surface area (TPSA) is 88.2 Å². The van der Waals surface area contributed by atoms with E-state index in [0.717, 1.165) is 22.0 Å². The van der Waals surface area contributed by atoms with Gasteiger partial charge in [-0.25, -0.2) is 0 Å². The monoisotopic (exact) mass is 548 g/mol. The molecule has 0 spiro atoms. The van der Waals surface area contributed by atoms with Gasteiger partial charge in [0.25, 0.3) is 0 Å². The molecule has 2 aromatic heterocycles. The third kappa shape index (κ3) is 5.92. The van der Waals surface area contributed by atoms with E-state index in [1.807, 2.05) is 54.7 Å². The molecule has 0 aliphatic rings. The van der Waals surface area contributed by atoms with Crippen molar-refractivity contribution < 1.29 is 4.52 Å². The Morgan fingerprint density at radius 2 is 1.97 bits per heavy atom. The van der Waals surface area contributed by atoms with Crippen molar-refractivity contribution in [1.29, 1.82) is 0 Å². The van der Waals surface area contributed by atoms with Crippen LogP contribution >= 0.6 is 35.6 Å². The third-order valence-electron chi connectivity index (χ3n) is 4.59. The lowest BCUT2D eigenvalue weighted by atomic mass is 10.1. The molecule has 2 N–H and O–H groups in total. The lowest BCUT2D eigenvalue weighted by Gasteiger charge is -2.12. The van der Waals surface area contributed by atoms with E-state index in [4.69, 9.17) is 16.1 Å². The smallest absolute Gasteiger partial charge is 0.228 e. The Hall–Kier alpha value is -2.72. The Kier molecular flexibility index (Phi) is 8.19. The fourth-order valence-corrected chi connectivity index (χ4v) is 3.29. The van der Waals surface area contributed by atoms with E-state index >= 15 is 0 Å². The van der Waals surface area contributed by atoms with Crippen molar-refractivity contribution in [3.63, 3.8) is 0 Å². The number of nitrogens with zero attached hydrogens (tertiary/aromatic N) is 4. The highest BCUT2D eigenvalue weighted by molar-refractivity contribution is 14.0. The number of aromatic nitrogens is 3. The first-order chi connectivity index (χ1) is 14.7. The number of benzene rings is 2. The van der Waals surface area contributed by atoms with E-state index in [1.54, 1.807) is 7.05 Å². The average Bonchev–Trinajstić information content (AvgIpc) is 3.25. The number of fused-ring (bicyclic) bond motifs is 1. The molecule has 0 aliphatic carbocycles. The molecule has 0 saturated carbocycles. The summed E-state index contributed by atoms with van der Waals surface area (Å²) in [6.07, 6.45) is 2.40. The second-order valence-corrected chi connectivity index (χ2v) is 7.05. The van der Waals surface area contributed by atoms with E-state index < -0.39 is 0 Å². The summed E-state index contributed by atoms with van der Waals surface area (Å²) in [6.45, 7) is 1.25. The molecule has 0 saturated heterocycles. The molecule has 0 aliphatic heterocycles.